The second-order valence-corrected chi connectivity index (χ2v) is 2.73. The molecule has 0 unspecified atom stereocenters. The third kappa shape index (κ3) is 3.22. The largest absolute Gasteiger partial charge is 0.502 e. The Morgan fingerprint density at radius 1 is 1.43 bits per heavy atom. The van der Waals surface area contributed by atoms with E-state index in [1.807, 2.05) is 0 Å². The highest BCUT2D eigenvalue weighted by molar-refractivity contribution is 6.64. The zero-order valence-corrected chi connectivity index (χ0v) is 7.33. The van der Waals surface area contributed by atoms with Crippen molar-refractivity contribution in [2.75, 3.05) is 0 Å². The molecule has 0 saturated heterocycles. The average molecular weight is 201 g/mol. The quantitative estimate of drug-likeness (QED) is 0.758. The Labute approximate surface area is 79.7 Å². The Morgan fingerprint density at radius 3 is 2.71 bits per heavy atom. The molecule has 1 rings (SSSR count). The van der Waals surface area contributed by atoms with Crippen molar-refractivity contribution < 1.29 is 12.9 Å². The molecule has 1 heterocycles. The number of nitrogens with zero attached hydrogens (tertiary/aromatic N) is 1. The molecule has 14 heavy (non-hydrogen) atoms. The Kier molecular flexibility index (Phi) is 3.30. The third-order valence-corrected chi connectivity index (χ3v) is 1.61. The van der Waals surface area contributed by atoms with Gasteiger partial charge in [-0.15, -0.1) is 5.98 Å². The minimum Gasteiger partial charge on any atom is -0.445 e. The van der Waals surface area contributed by atoms with Crippen molar-refractivity contribution in [1.29, 1.82) is 0 Å². The van der Waals surface area contributed by atoms with E-state index in [4.69, 9.17) is 5.73 Å². The number of halogens is 3. The lowest BCUT2D eigenvalue weighted by Crippen LogP contribution is -2.10. The summed E-state index contributed by atoms with van der Waals surface area (Å²) < 4.78 is 35.7. The maximum Gasteiger partial charge on any atom is 0.502 e. The van der Waals surface area contributed by atoms with E-state index in [9.17, 15) is 12.9 Å². The Balaban J connectivity index is 2.91. The molecule has 0 aliphatic rings. The van der Waals surface area contributed by atoms with Gasteiger partial charge in [-0.2, -0.15) is 0 Å². The standard InChI is InChI=1S/C8H9BF3N2/c10-9(11,12)4-3-7-2-1-5-14-8(7)6-13/h1-5H,6,13H2/q-1/b4-3+. The van der Waals surface area contributed by atoms with Crippen molar-refractivity contribution in [2.24, 2.45) is 5.73 Å². The van der Waals surface area contributed by atoms with Gasteiger partial charge in [0.1, 0.15) is 0 Å². The second kappa shape index (κ2) is 4.28. The van der Waals surface area contributed by atoms with E-state index in [2.05, 4.69) is 4.98 Å². The van der Waals surface area contributed by atoms with E-state index in [1.54, 1.807) is 12.1 Å². The molecular formula is C8H9BF3N2-. The lowest BCUT2D eigenvalue weighted by atomic mass is 9.90. The highest BCUT2D eigenvalue weighted by Gasteiger charge is 2.17. The van der Waals surface area contributed by atoms with Crippen molar-refractivity contribution in [2.45, 2.75) is 6.54 Å². The molecule has 0 bridgehead atoms. The first-order valence-electron chi connectivity index (χ1n) is 4.06. The van der Waals surface area contributed by atoms with Crippen LogP contribution in [0.4, 0.5) is 12.9 Å². The van der Waals surface area contributed by atoms with Crippen LogP contribution in [0.25, 0.3) is 6.08 Å². The zero-order valence-electron chi connectivity index (χ0n) is 7.33. The van der Waals surface area contributed by atoms with Gasteiger partial charge in [0.15, 0.2) is 0 Å². The smallest absolute Gasteiger partial charge is 0.445 e. The van der Waals surface area contributed by atoms with Crippen molar-refractivity contribution >= 4 is 13.1 Å². The van der Waals surface area contributed by atoms with Gasteiger partial charge in [0, 0.05) is 12.7 Å². The topological polar surface area (TPSA) is 38.9 Å². The van der Waals surface area contributed by atoms with Gasteiger partial charge in [-0.05, 0) is 11.6 Å². The second-order valence-electron chi connectivity index (χ2n) is 2.73. The molecule has 2 N–H and O–H groups in total. The van der Waals surface area contributed by atoms with Crippen LogP contribution in [-0.4, -0.2) is 12.0 Å². The van der Waals surface area contributed by atoms with E-state index in [1.165, 1.54) is 6.20 Å². The maximum atomic E-state index is 11.9. The van der Waals surface area contributed by atoms with Gasteiger partial charge in [-0.1, -0.05) is 12.1 Å². The molecule has 0 atom stereocenters. The highest BCUT2D eigenvalue weighted by atomic mass is 19.4. The van der Waals surface area contributed by atoms with Crippen molar-refractivity contribution in [3.63, 3.8) is 0 Å². The summed E-state index contributed by atoms with van der Waals surface area (Å²) in [5.74, 6) is 0.232. The van der Waals surface area contributed by atoms with Crippen LogP contribution in [0, 0.1) is 0 Å². The van der Waals surface area contributed by atoms with Crippen LogP contribution in [0.2, 0.25) is 0 Å². The van der Waals surface area contributed by atoms with Gasteiger partial charge < -0.3 is 18.7 Å². The van der Waals surface area contributed by atoms with Crippen molar-refractivity contribution in [3.05, 3.63) is 35.6 Å². The number of hydrogen-bond acceptors (Lipinski definition) is 2. The highest BCUT2D eigenvalue weighted by Crippen LogP contribution is 2.14. The predicted octanol–water partition coefficient (Wildman–Crippen LogP) is 1.94. The first kappa shape index (κ1) is 10.8. The SMILES string of the molecule is NCc1ncccc1/C=C/[B-](F)(F)F. The summed E-state index contributed by atoms with van der Waals surface area (Å²) in [6, 6.07) is 3.12. The summed E-state index contributed by atoms with van der Waals surface area (Å²) in [7, 11) is 0. The number of nitrogens with two attached hydrogens (primary N) is 1. The summed E-state index contributed by atoms with van der Waals surface area (Å²) >= 11 is 0. The summed E-state index contributed by atoms with van der Waals surface area (Å²) in [6.45, 7) is -4.77. The monoisotopic (exact) mass is 201 g/mol. The van der Waals surface area contributed by atoms with E-state index < -0.39 is 6.98 Å². The molecule has 0 spiro atoms. The summed E-state index contributed by atoms with van der Waals surface area (Å²) in [5.41, 5.74) is 6.19. The number of hydrogen-bond donors (Lipinski definition) is 1. The fourth-order valence-corrected chi connectivity index (χ4v) is 0.986. The fraction of sp³-hybridized carbons (Fsp3) is 0.125. The van der Waals surface area contributed by atoms with Gasteiger partial charge in [0.2, 0.25) is 0 Å². The number of aromatic nitrogens is 1. The molecule has 1 aromatic heterocycles. The zero-order chi connectivity index (χ0) is 10.6. The lowest BCUT2D eigenvalue weighted by Gasteiger charge is -2.07. The van der Waals surface area contributed by atoms with E-state index in [0.717, 1.165) is 6.08 Å². The average Bonchev–Trinajstić information content (AvgIpc) is 2.14. The van der Waals surface area contributed by atoms with Gasteiger partial charge in [-0.3, -0.25) is 4.98 Å². The summed E-state index contributed by atoms with van der Waals surface area (Å²) in [6.07, 6.45) is 2.49. The Morgan fingerprint density at radius 2 is 2.14 bits per heavy atom. The fourth-order valence-electron chi connectivity index (χ4n) is 0.986. The molecule has 1 aromatic rings. The van der Waals surface area contributed by atoms with Crippen LogP contribution in [0.1, 0.15) is 11.3 Å². The van der Waals surface area contributed by atoms with Gasteiger partial charge in [0.05, 0.1) is 5.69 Å². The minimum absolute atomic E-state index is 0.130. The predicted molar refractivity (Wildman–Crippen MR) is 50.2 cm³/mol. The van der Waals surface area contributed by atoms with E-state index >= 15 is 0 Å². The van der Waals surface area contributed by atoms with Crippen LogP contribution >= 0.6 is 0 Å². The molecule has 0 aliphatic heterocycles. The van der Waals surface area contributed by atoms with Gasteiger partial charge in [-0.25, -0.2) is 0 Å². The molecule has 2 nitrogen and oxygen atoms in total. The summed E-state index contributed by atoms with van der Waals surface area (Å²) in [5, 5.41) is 0. The molecule has 0 aromatic carbocycles. The molecule has 0 radical (unpaired) electrons. The van der Waals surface area contributed by atoms with Crippen LogP contribution in [0.3, 0.4) is 0 Å². The first-order chi connectivity index (χ1) is 6.53. The Bertz CT molecular complexity index is 336. The lowest BCUT2D eigenvalue weighted by molar-refractivity contribution is 0.499. The van der Waals surface area contributed by atoms with Gasteiger partial charge in [0.25, 0.3) is 0 Å². The summed E-state index contributed by atoms with van der Waals surface area (Å²) in [4.78, 5) is 3.86. The van der Waals surface area contributed by atoms with Gasteiger partial charge >= 0.3 is 6.98 Å². The van der Waals surface area contributed by atoms with Crippen LogP contribution < -0.4 is 5.73 Å². The normalized spacial score (nSPS) is 12.3. The number of pyridine rings is 1. The van der Waals surface area contributed by atoms with Crippen LogP contribution in [-0.2, 0) is 6.54 Å². The molecule has 0 fully saturated rings. The minimum atomic E-state index is -4.90. The van der Waals surface area contributed by atoms with Crippen LogP contribution in [0.15, 0.2) is 24.3 Å². The molecular weight excluding hydrogens is 192 g/mol. The Hall–Kier alpha value is -1.30. The van der Waals surface area contributed by atoms with Crippen LogP contribution in [0.5, 0.6) is 0 Å². The maximum absolute atomic E-state index is 11.9. The van der Waals surface area contributed by atoms with E-state index in [0.29, 0.717) is 11.3 Å². The molecule has 6 heteroatoms. The molecule has 0 saturated carbocycles. The molecule has 0 amide bonds. The molecule has 76 valence electrons. The third-order valence-electron chi connectivity index (χ3n) is 1.61. The van der Waals surface area contributed by atoms with Crippen molar-refractivity contribution in [3.8, 4) is 0 Å². The first-order valence-corrected chi connectivity index (χ1v) is 4.06. The van der Waals surface area contributed by atoms with Crippen molar-refractivity contribution in [1.82, 2.24) is 4.98 Å². The molecule has 0 aliphatic carbocycles. The number of rotatable bonds is 3. The van der Waals surface area contributed by atoms with E-state index in [-0.39, 0.29) is 12.5 Å².